The molecule has 1 aromatic rings. The number of hydrogen-bond donors (Lipinski definition) is 0. The van der Waals surface area contributed by atoms with E-state index in [0.29, 0.717) is 5.56 Å². The molecule has 2 aliphatic rings. The summed E-state index contributed by atoms with van der Waals surface area (Å²) in [7, 11) is 3.58. The van der Waals surface area contributed by atoms with Crippen LogP contribution in [0.3, 0.4) is 0 Å². The zero-order chi connectivity index (χ0) is 17.3. The number of hydrogen-bond acceptors (Lipinski definition) is 3. The molecule has 1 amide bonds. The normalized spacial score (nSPS) is 25.3. The second-order valence-electron chi connectivity index (χ2n) is 7.27. The number of pyridine rings is 1. The van der Waals surface area contributed by atoms with E-state index < -0.39 is 0 Å². The molecule has 0 aromatic carbocycles. The molecule has 3 rings (SSSR count). The van der Waals surface area contributed by atoms with Gasteiger partial charge in [-0.15, -0.1) is 0 Å². The lowest BCUT2D eigenvalue weighted by atomic mass is 9.54. The van der Waals surface area contributed by atoms with Crippen molar-refractivity contribution in [2.75, 3.05) is 13.7 Å². The smallest absolute Gasteiger partial charge is 0.255 e. The van der Waals surface area contributed by atoms with Crippen LogP contribution in [-0.4, -0.2) is 41.2 Å². The van der Waals surface area contributed by atoms with Crippen LogP contribution in [-0.2, 0) is 11.8 Å². The molecule has 2 fully saturated rings. The number of carbonyl (C=O) groups excluding carboxylic acids is 1. The first kappa shape index (κ1) is 17.2. The maximum Gasteiger partial charge on any atom is 0.255 e. The quantitative estimate of drug-likeness (QED) is 0.851. The van der Waals surface area contributed by atoms with Crippen LogP contribution in [0, 0.1) is 5.41 Å². The maximum atomic E-state index is 12.9. The van der Waals surface area contributed by atoms with E-state index in [0.717, 1.165) is 25.9 Å². The molecule has 1 aromatic heterocycles. The minimum Gasteiger partial charge on any atom is -0.378 e. The van der Waals surface area contributed by atoms with Crippen molar-refractivity contribution in [3.05, 3.63) is 34.2 Å². The summed E-state index contributed by atoms with van der Waals surface area (Å²) in [6.07, 6.45) is 8.86. The number of amides is 1. The number of nitrogens with zero attached hydrogens (tertiary/aromatic N) is 2. The second kappa shape index (κ2) is 6.71. The van der Waals surface area contributed by atoms with E-state index in [4.69, 9.17) is 4.74 Å². The number of carbonyl (C=O) groups is 1. The molecule has 1 spiro atoms. The summed E-state index contributed by atoms with van der Waals surface area (Å²) in [6, 6.07) is 3.33. The van der Waals surface area contributed by atoms with Crippen molar-refractivity contribution in [2.45, 2.75) is 57.6 Å². The third-order valence-electron chi connectivity index (χ3n) is 6.02. The predicted octanol–water partition coefficient (Wildman–Crippen LogP) is 2.59. The highest BCUT2D eigenvalue weighted by Gasteiger charge is 2.57. The molecule has 0 aliphatic heterocycles. The molecule has 0 N–H and O–H groups in total. The molecule has 0 unspecified atom stereocenters. The van der Waals surface area contributed by atoms with Crippen molar-refractivity contribution in [2.24, 2.45) is 12.5 Å². The van der Waals surface area contributed by atoms with E-state index in [2.05, 4.69) is 0 Å². The molecule has 1 heterocycles. The molecule has 5 heteroatoms. The van der Waals surface area contributed by atoms with Crippen molar-refractivity contribution in [3.63, 3.8) is 0 Å². The van der Waals surface area contributed by atoms with Crippen LogP contribution >= 0.6 is 0 Å². The lowest BCUT2D eigenvalue weighted by Crippen LogP contribution is -2.65. The first-order valence-corrected chi connectivity index (χ1v) is 9.05. The van der Waals surface area contributed by atoms with Crippen molar-refractivity contribution in [3.8, 4) is 0 Å². The van der Waals surface area contributed by atoms with Gasteiger partial charge in [-0.1, -0.05) is 19.3 Å². The number of rotatable bonds is 4. The van der Waals surface area contributed by atoms with Gasteiger partial charge < -0.3 is 14.2 Å². The Morgan fingerprint density at radius 1 is 1.33 bits per heavy atom. The lowest BCUT2D eigenvalue weighted by molar-refractivity contribution is -0.170. The van der Waals surface area contributed by atoms with Crippen molar-refractivity contribution < 1.29 is 9.53 Å². The molecule has 5 nitrogen and oxygen atoms in total. The summed E-state index contributed by atoms with van der Waals surface area (Å²) >= 11 is 0. The fourth-order valence-corrected chi connectivity index (χ4v) is 4.64. The van der Waals surface area contributed by atoms with Crippen molar-refractivity contribution in [1.29, 1.82) is 0 Å². The average Bonchev–Trinajstić information content (AvgIpc) is 2.60. The maximum absolute atomic E-state index is 12.9. The van der Waals surface area contributed by atoms with E-state index in [-0.39, 0.29) is 29.0 Å². The highest BCUT2D eigenvalue weighted by Crippen LogP contribution is 2.55. The highest BCUT2D eigenvalue weighted by molar-refractivity contribution is 5.94. The number of ether oxygens (including phenoxy) is 1. The average molecular weight is 332 g/mol. The van der Waals surface area contributed by atoms with Crippen molar-refractivity contribution >= 4 is 5.91 Å². The van der Waals surface area contributed by atoms with Gasteiger partial charge in [-0.25, -0.2) is 0 Å². The standard InChI is InChI=1S/C19H28N2O3/c1-4-24-16-12-15(19(16)10-6-5-7-11-19)21(3)18(23)14-8-9-17(22)20(2)13-14/h8-9,13,15-16H,4-7,10-12H2,1-3H3/t15-,16+/m1/s1. The Hall–Kier alpha value is -1.62. The second-order valence-corrected chi connectivity index (χ2v) is 7.27. The SMILES string of the molecule is CCO[C@H]1C[C@@H](N(C)C(=O)c2ccc(=O)n(C)c2)C12CCCCC2. The van der Waals surface area contributed by atoms with Gasteiger partial charge >= 0.3 is 0 Å². The Bertz CT molecular complexity index is 661. The van der Waals surface area contributed by atoms with Crippen LogP contribution in [0.5, 0.6) is 0 Å². The Morgan fingerprint density at radius 3 is 2.67 bits per heavy atom. The Kier molecular flexibility index (Phi) is 4.81. The molecule has 0 saturated heterocycles. The molecule has 24 heavy (non-hydrogen) atoms. The summed E-state index contributed by atoms with van der Waals surface area (Å²) in [5.74, 6) is -0.00417. The van der Waals surface area contributed by atoms with Gasteiger partial charge in [-0.3, -0.25) is 9.59 Å². The monoisotopic (exact) mass is 332 g/mol. The largest absolute Gasteiger partial charge is 0.378 e. The van der Waals surface area contributed by atoms with Gasteiger partial charge in [0.25, 0.3) is 5.91 Å². The molecule has 0 radical (unpaired) electrons. The topological polar surface area (TPSA) is 51.5 Å². The van der Waals surface area contributed by atoms with Gasteiger partial charge in [-0.05, 0) is 32.3 Å². The summed E-state index contributed by atoms with van der Waals surface area (Å²) in [6.45, 7) is 2.78. The van der Waals surface area contributed by atoms with Crippen LogP contribution in [0.1, 0.15) is 55.8 Å². The lowest BCUT2D eigenvalue weighted by Gasteiger charge is -2.60. The highest BCUT2D eigenvalue weighted by atomic mass is 16.5. The van der Waals surface area contributed by atoms with E-state index in [1.165, 1.54) is 29.9 Å². The van der Waals surface area contributed by atoms with E-state index in [9.17, 15) is 9.59 Å². The van der Waals surface area contributed by atoms with E-state index in [1.807, 2.05) is 18.9 Å². The number of aryl methyl sites for hydroxylation is 1. The zero-order valence-corrected chi connectivity index (χ0v) is 15.0. The summed E-state index contributed by atoms with van der Waals surface area (Å²) in [4.78, 5) is 26.3. The van der Waals surface area contributed by atoms with Gasteiger partial charge in [0.2, 0.25) is 5.56 Å². The van der Waals surface area contributed by atoms with Gasteiger partial charge in [0.05, 0.1) is 11.7 Å². The molecule has 132 valence electrons. The Labute approximate surface area is 143 Å². The molecule has 0 bridgehead atoms. The summed E-state index contributed by atoms with van der Waals surface area (Å²) < 4.78 is 7.45. The Balaban J connectivity index is 1.80. The zero-order valence-electron chi connectivity index (χ0n) is 15.0. The molecular weight excluding hydrogens is 304 g/mol. The molecular formula is C19H28N2O3. The third kappa shape index (κ3) is 2.79. The van der Waals surface area contributed by atoms with E-state index >= 15 is 0 Å². The minimum absolute atomic E-state index is 0.00417. The minimum atomic E-state index is -0.0991. The van der Waals surface area contributed by atoms with Crippen LogP contribution in [0.25, 0.3) is 0 Å². The molecule has 2 saturated carbocycles. The fourth-order valence-electron chi connectivity index (χ4n) is 4.64. The summed E-state index contributed by atoms with van der Waals surface area (Å²) in [5, 5.41) is 0. The van der Waals surface area contributed by atoms with Crippen LogP contribution < -0.4 is 5.56 Å². The Morgan fingerprint density at radius 2 is 2.04 bits per heavy atom. The van der Waals surface area contributed by atoms with Crippen LogP contribution in [0.15, 0.2) is 23.1 Å². The predicted molar refractivity (Wildman–Crippen MR) is 93.1 cm³/mol. The van der Waals surface area contributed by atoms with Gasteiger partial charge in [0, 0.05) is 44.4 Å². The first-order valence-electron chi connectivity index (χ1n) is 9.05. The van der Waals surface area contributed by atoms with Crippen molar-refractivity contribution in [1.82, 2.24) is 9.47 Å². The summed E-state index contributed by atoms with van der Waals surface area (Å²) in [5.41, 5.74) is 0.600. The van der Waals surface area contributed by atoms with Gasteiger partial charge in [0.1, 0.15) is 0 Å². The van der Waals surface area contributed by atoms with Crippen LogP contribution in [0.2, 0.25) is 0 Å². The van der Waals surface area contributed by atoms with E-state index in [1.54, 1.807) is 19.3 Å². The fraction of sp³-hybridized carbons (Fsp3) is 0.684. The molecule has 2 aliphatic carbocycles. The third-order valence-corrected chi connectivity index (χ3v) is 6.02. The van der Waals surface area contributed by atoms with Crippen LogP contribution in [0.4, 0.5) is 0 Å². The number of aromatic nitrogens is 1. The van der Waals surface area contributed by atoms with Gasteiger partial charge in [-0.2, -0.15) is 0 Å². The first-order chi connectivity index (χ1) is 11.5. The molecule has 2 atom stereocenters. The van der Waals surface area contributed by atoms with Gasteiger partial charge in [0.15, 0.2) is 0 Å².